The van der Waals surface area contributed by atoms with E-state index in [2.05, 4.69) is 35.0 Å². The van der Waals surface area contributed by atoms with Crippen molar-refractivity contribution in [2.75, 3.05) is 5.32 Å². The molecule has 0 aliphatic heterocycles. The Labute approximate surface area is 186 Å². The number of benzene rings is 3. The van der Waals surface area contributed by atoms with E-state index in [1.165, 1.54) is 11.1 Å². The molecule has 0 saturated heterocycles. The normalized spacial score (nSPS) is 11.3. The number of carbonyl (C=O) groups is 1. The van der Waals surface area contributed by atoms with Gasteiger partial charge in [0.1, 0.15) is 11.6 Å². The largest absolute Gasteiger partial charge is 0.342 e. The number of nitrogens with zero attached hydrogens (tertiary/aromatic N) is 2. The van der Waals surface area contributed by atoms with Crippen molar-refractivity contribution in [2.24, 2.45) is 0 Å². The molecule has 0 saturated carbocycles. The molecule has 1 amide bonds. The average Bonchev–Trinajstić information content (AvgIpc) is 3.09. The number of hydrogen-bond acceptors (Lipinski definition) is 2. The van der Waals surface area contributed by atoms with Gasteiger partial charge in [-0.3, -0.25) is 4.79 Å². The van der Waals surface area contributed by atoms with Gasteiger partial charge in [0.25, 0.3) is 5.91 Å². The van der Waals surface area contributed by atoms with Gasteiger partial charge in [-0.25, -0.2) is 0 Å². The summed E-state index contributed by atoms with van der Waals surface area (Å²) in [6.07, 6.45) is 3.62. The number of hydrogen-bond donors (Lipinski definition) is 1. The Balaban J connectivity index is 1.68. The molecule has 0 unspecified atom stereocenters. The predicted molar refractivity (Wildman–Crippen MR) is 126 cm³/mol. The first-order chi connectivity index (χ1) is 15.0. The average molecular weight is 426 g/mol. The van der Waals surface area contributed by atoms with Crippen LogP contribution in [-0.2, 0) is 11.3 Å². The van der Waals surface area contributed by atoms with Gasteiger partial charge < -0.3 is 9.88 Å². The summed E-state index contributed by atoms with van der Waals surface area (Å²) >= 11 is 5.98. The van der Waals surface area contributed by atoms with Crippen LogP contribution in [0.1, 0.15) is 16.7 Å². The van der Waals surface area contributed by atoms with Gasteiger partial charge in [-0.2, -0.15) is 5.26 Å². The number of amides is 1. The molecule has 1 aromatic heterocycles. The van der Waals surface area contributed by atoms with Crippen molar-refractivity contribution in [3.63, 3.8) is 0 Å². The Bertz CT molecular complexity index is 1340. The van der Waals surface area contributed by atoms with Gasteiger partial charge in [-0.05, 0) is 42.8 Å². The molecule has 4 aromatic rings. The summed E-state index contributed by atoms with van der Waals surface area (Å²) in [4.78, 5) is 12.7. The van der Waals surface area contributed by atoms with Crippen molar-refractivity contribution in [2.45, 2.75) is 13.5 Å². The molecule has 1 N–H and O–H groups in total. The first-order valence-electron chi connectivity index (χ1n) is 9.85. The maximum absolute atomic E-state index is 12.7. The summed E-state index contributed by atoms with van der Waals surface area (Å²) in [7, 11) is 0. The van der Waals surface area contributed by atoms with E-state index in [0.29, 0.717) is 17.3 Å². The predicted octanol–water partition coefficient (Wildman–Crippen LogP) is 6.20. The second-order valence-corrected chi connectivity index (χ2v) is 7.79. The van der Waals surface area contributed by atoms with Gasteiger partial charge in [0, 0.05) is 39.9 Å². The van der Waals surface area contributed by atoms with Gasteiger partial charge in [-0.15, -0.1) is 0 Å². The third kappa shape index (κ3) is 4.69. The maximum Gasteiger partial charge on any atom is 0.266 e. The molecule has 0 fully saturated rings. The Morgan fingerprint density at radius 3 is 2.68 bits per heavy atom. The first-order valence-corrected chi connectivity index (χ1v) is 10.2. The van der Waals surface area contributed by atoms with Crippen LogP contribution in [0.2, 0.25) is 5.02 Å². The van der Waals surface area contributed by atoms with Crippen LogP contribution >= 0.6 is 11.6 Å². The van der Waals surface area contributed by atoms with Crippen LogP contribution in [0.25, 0.3) is 17.0 Å². The van der Waals surface area contributed by atoms with Gasteiger partial charge in [0.05, 0.1) is 0 Å². The molecule has 0 radical (unpaired) electrons. The number of halogens is 1. The van der Waals surface area contributed by atoms with E-state index < -0.39 is 5.91 Å². The summed E-state index contributed by atoms with van der Waals surface area (Å²) in [6.45, 7) is 2.77. The molecule has 0 spiro atoms. The summed E-state index contributed by atoms with van der Waals surface area (Å²) in [5.74, 6) is -0.472. The minimum atomic E-state index is -0.472. The molecule has 4 rings (SSSR count). The Kier molecular flexibility index (Phi) is 5.88. The van der Waals surface area contributed by atoms with Gasteiger partial charge >= 0.3 is 0 Å². The van der Waals surface area contributed by atoms with Gasteiger partial charge in [0.2, 0.25) is 0 Å². The lowest BCUT2D eigenvalue weighted by Gasteiger charge is -2.06. The lowest BCUT2D eigenvalue weighted by atomic mass is 10.1. The third-order valence-electron chi connectivity index (χ3n) is 5.00. The highest BCUT2D eigenvalue weighted by molar-refractivity contribution is 6.31. The smallest absolute Gasteiger partial charge is 0.266 e. The number of para-hydroxylation sites is 1. The summed E-state index contributed by atoms with van der Waals surface area (Å²) in [5.41, 5.74) is 4.83. The highest BCUT2D eigenvalue weighted by Gasteiger charge is 2.13. The zero-order chi connectivity index (χ0) is 21.8. The summed E-state index contributed by atoms with van der Waals surface area (Å²) < 4.78 is 2.14. The van der Waals surface area contributed by atoms with E-state index in [1.807, 2.05) is 42.6 Å². The van der Waals surface area contributed by atoms with Gasteiger partial charge in [0.15, 0.2) is 0 Å². The van der Waals surface area contributed by atoms with Crippen LogP contribution < -0.4 is 5.32 Å². The molecule has 31 heavy (non-hydrogen) atoms. The molecule has 1 heterocycles. The Morgan fingerprint density at radius 2 is 1.90 bits per heavy atom. The van der Waals surface area contributed by atoms with E-state index in [9.17, 15) is 10.1 Å². The van der Waals surface area contributed by atoms with Crippen molar-refractivity contribution >= 4 is 40.2 Å². The molecule has 0 bridgehead atoms. The van der Waals surface area contributed by atoms with Crippen LogP contribution in [0.4, 0.5) is 5.69 Å². The molecule has 0 aliphatic carbocycles. The topological polar surface area (TPSA) is 57.8 Å². The Hall–Kier alpha value is -3.81. The standard InChI is InChI=1S/C26H20ClN3O/c1-18-6-4-7-19(12-18)16-30-17-21(24-10-2-3-11-25(24)30)13-20(15-28)26(31)29-23-9-5-8-22(27)14-23/h2-14,17H,16H2,1H3,(H,29,31). The number of fused-ring (bicyclic) bond motifs is 1. The van der Waals surface area contributed by atoms with E-state index in [-0.39, 0.29) is 5.57 Å². The fourth-order valence-electron chi connectivity index (χ4n) is 3.60. The van der Waals surface area contributed by atoms with E-state index in [0.717, 1.165) is 16.5 Å². The molecule has 0 aliphatic rings. The van der Waals surface area contributed by atoms with Crippen LogP contribution in [0, 0.1) is 18.3 Å². The van der Waals surface area contributed by atoms with Crippen molar-refractivity contribution in [1.29, 1.82) is 5.26 Å². The van der Waals surface area contributed by atoms with Crippen molar-refractivity contribution in [3.8, 4) is 6.07 Å². The van der Waals surface area contributed by atoms with Crippen LogP contribution in [0.5, 0.6) is 0 Å². The highest BCUT2D eigenvalue weighted by atomic mass is 35.5. The molecule has 152 valence electrons. The lowest BCUT2D eigenvalue weighted by Crippen LogP contribution is -2.13. The molecule has 4 nitrogen and oxygen atoms in total. The Morgan fingerprint density at radius 1 is 1.10 bits per heavy atom. The number of rotatable bonds is 5. The number of aryl methyl sites for hydroxylation is 1. The zero-order valence-electron chi connectivity index (χ0n) is 17.0. The molecular formula is C26H20ClN3O. The zero-order valence-corrected chi connectivity index (χ0v) is 17.7. The quantitative estimate of drug-likeness (QED) is 0.306. The number of nitrogens with one attached hydrogen (secondary N) is 1. The van der Waals surface area contributed by atoms with Gasteiger partial charge in [-0.1, -0.05) is 65.7 Å². The third-order valence-corrected chi connectivity index (χ3v) is 5.24. The second kappa shape index (κ2) is 8.91. The van der Waals surface area contributed by atoms with Crippen molar-refractivity contribution in [1.82, 2.24) is 4.57 Å². The monoisotopic (exact) mass is 425 g/mol. The lowest BCUT2D eigenvalue weighted by molar-refractivity contribution is -0.112. The molecule has 3 aromatic carbocycles. The van der Waals surface area contributed by atoms with E-state index in [1.54, 1.807) is 30.3 Å². The maximum atomic E-state index is 12.7. The second-order valence-electron chi connectivity index (χ2n) is 7.35. The van der Waals surface area contributed by atoms with Crippen LogP contribution in [-0.4, -0.2) is 10.5 Å². The number of aromatic nitrogens is 1. The van der Waals surface area contributed by atoms with Crippen molar-refractivity contribution < 1.29 is 4.79 Å². The highest BCUT2D eigenvalue weighted by Crippen LogP contribution is 2.25. The number of anilines is 1. The minimum absolute atomic E-state index is 0.0263. The molecule has 5 heteroatoms. The molecular weight excluding hydrogens is 406 g/mol. The van der Waals surface area contributed by atoms with Crippen molar-refractivity contribution in [3.05, 3.63) is 106 Å². The van der Waals surface area contributed by atoms with Crippen LogP contribution in [0.15, 0.2) is 84.6 Å². The van der Waals surface area contributed by atoms with Crippen LogP contribution in [0.3, 0.4) is 0 Å². The molecule has 0 atom stereocenters. The SMILES string of the molecule is Cc1cccc(Cn2cc(C=C(C#N)C(=O)Nc3cccc(Cl)c3)c3ccccc32)c1. The fourth-order valence-corrected chi connectivity index (χ4v) is 3.79. The summed E-state index contributed by atoms with van der Waals surface area (Å²) in [5, 5.41) is 13.9. The first kappa shape index (κ1) is 20.5. The number of nitriles is 1. The fraction of sp³-hybridized carbons (Fsp3) is 0.0769. The van der Waals surface area contributed by atoms with E-state index >= 15 is 0 Å². The number of carbonyl (C=O) groups excluding carboxylic acids is 1. The van der Waals surface area contributed by atoms with E-state index in [4.69, 9.17) is 11.6 Å². The minimum Gasteiger partial charge on any atom is -0.342 e. The summed E-state index contributed by atoms with van der Waals surface area (Å²) in [6, 6.07) is 25.2.